The van der Waals surface area contributed by atoms with Gasteiger partial charge < -0.3 is 0 Å². The van der Waals surface area contributed by atoms with Gasteiger partial charge in [-0.05, 0) is 47.1 Å². The molecule has 1 aromatic carbocycles. The summed E-state index contributed by atoms with van der Waals surface area (Å²) in [5.74, 6) is 1.09. The minimum absolute atomic E-state index is 0.186. The van der Waals surface area contributed by atoms with Crippen molar-refractivity contribution in [2.24, 2.45) is 0 Å². The molecule has 0 saturated carbocycles. The summed E-state index contributed by atoms with van der Waals surface area (Å²) < 4.78 is 4.01. The molecule has 0 N–H and O–H groups in total. The molecular weight excluding hydrogens is 370 g/mol. The number of halogens is 1. The minimum Gasteiger partial charge on any atom is -0.268 e. The van der Waals surface area contributed by atoms with Crippen molar-refractivity contribution >= 4 is 27.0 Å². The quantitative estimate of drug-likeness (QED) is 0.535. The highest BCUT2D eigenvalue weighted by Gasteiger charge is 2.15. The van der Waals surface area contributed by atoms with E-state index in [2.05, 4.69) is 31.0 Å². The van der Waals surface area contributed by atoms with Gasteiger partial charge in [0.1, 0.15) is 17.0 Å². The van der Waals surface area contributed by atoms with Crippen LogP contribution in [0.15, 0.2) is 64.1 Å². The maximum Gasteiger partial charge on any atom is 0.270 e. The molecule has 0 saturated heterocycles. The number of pyridine rings is 1. The molecule has 0 aliphatic rings. The third-order valence-electron chi connectivity index (χ3n) is 3.71. The first-order chi connectivity index (χ1) is 11.6. The molecule has 0 atom stereocenters. The molecule has 7 heteroatoms. The van der Waals surface area contributed by atoms with Gasteiger partial charge in [-0.25, -0.2) is 19.2 Å². The Kier molecular flexibility index (Phi) is 3.50. The van der Waals surface area contributed by atoms with Gasteiger partial charge in [0.25, 0.3) is 5.56 Å². The third kappa shape index (κ3) is 2.33. The molecule has 3 aromatic heterocycles. The van der Waals surface area contributed by atoms with E-state index in [1.54, 1.807) is 30.1 Å². The summed E-state index contributed by atoms with van der Waals surface area (Å²) in [4.78, 5) is 21.8. The first kappa shape index (κ1) is 14.8. The summed E-state index contributed by atoms with van der Waals surface area (Å²) in [5.41, 5.74) is 1.21. The van der Waals surface area contributed by atoms with Gasteiger partial charge in [0.2, 0.25) is 0 Å². The second kappa shape index (κ2) is 5.68. The van der Waals surface area contributed by atoms with Gasteiger partial charge in [-0.1, -0.05) is 18.2 Å². The average molecular weight is 382 g/mol. The van der Waals surface area contributed by atoms with Crippen LogP contribution in [-0.2, 0) is 0 Å². The van der Waals surface area contributed by atoms with Gasteiger partial charge in [0.15, 0.2) is 5.65 Å². The van der Waals surface area contributed by atoms with Gasteiger partial charge in [-0.3, -0.25) is 4.79 Å². The van der Waals surface area contributed by atoms with E-state index in [1.165, 1.54) is 4.57 Å². The molecule has 0 radical (unpaired) electrons. The predicted octanol–water partition coefficient (Wildman–Crippen LogP) is 3.04. The monoisotopic (exact) mass is 381 g/mol. The molecule has 24 heavy (non-hydrogen) atoms. The van der Waals surface area contributed by atoms with Crippen molar-refractivity contribution in [3.63, 3.8) is 0 Å². The zero-order valence-corrected chi connectivity index (χ0v) is 14.3. The van der Waals surface area contributed by atoms with E-state index in [4.69, 9.17) is 0 Å². The van der Waals surface area contributed by atoms with Gasteiger partial charge in [0, 0.05) is 10.7 Å². The van der Waals surface area contributed by atoms with Crippen LogP contribution in [0, 0.1) is 6.92 Å². The van der Waals surface area contributed by atoms with Crippen molar-refractivity contribution in [2.45, 2.75) is 6.92 Å². The van der Waals surface area contributed by atoms with Crippen molar-refractivity contribution in [1.82, 2.24) is 24.3 Å². The topological polar surface area (TPSA) is 65.6 Å². The number of hydrogen-bond acceptors (Lipinski definition) is 4. The SMILES string of the molecule is Cc1nc2c(cnn2-c2ccccc2)c(=O)n1-c1ccc(Br)cn1. The van der Waals surface area contributed by atoms with E-state index < -0.39 is 0 Å². The first-order valence-corrected chi connectivity index (χ1v) is 8.09. The molecule has 4 aromatic rings. The second-order valence-electron chi connectivity index (χ2n) is 5.26. The number of benzene rings is 1. The van der Waals surface area contributed by atoms with Crippen LogP contribution < -0.4 is 5.56 Å². The van der Waals surface area contributed by atoms with E-state index in [0.717, 1.165) is 10.2 Å². The first-order valence-electron chi connectivity index (χ1n) is 7.30. The number of aryl methyl sites for hydroxylation is 1. The van der Waals surface area contributed by atoms with Crippen LogP contribution in [0.25, 0.3) is 22.5 Å². The van der Waals surface area contributed by atoms with Crippen LogP contribution in [0.4, 0.5) is 0 Å². The van der Waals surface area contributed by atoms with Crippen molar-refractivity contribution in [3.8, 4) is 11.5 Å². The summed E-state index contributed by atoms with van der Waals surface area (Å²) >= 11 is 3.35. The summed E-state index contributed by atoms with van der Waals surface area (Å²) in [6.07, 6.45) is 3.20. The smallest absolute Gasteiger partial charge is 0.268 e. The second-order valence-corrected chi connectivity index (χ2v) is 6.18. The lowest BCUT2D eigenvalue weighted by Gasteiger charge is -2.09. The number of para-hydroxylation sites is 1. The zero-order valence-electron chi connectivity index (χ0n) is 12.7. The van der Waals surface area contributed by atoms with E-state index >= 15 is 0 Å². The van der Waals surface area contributed by atoms with Crippen LogP contribution in [0.2, 0.25) is 0 Å². The Morgan fingerprint density at radius 1 is 1.04 bits per heavy atom. The molecule has 4 rings (SSSR count). The van der Waals surface area contributed by atoms with Gasteiger partial charge in [0.05, 0.1) is 11.9 Å². The molecule has 0 unspecified atom stereocenters. The fourth-order valence-electron chi connectivity index (χ4n) is 2.60. The van der Waals surface area contributed by atoms with E-state index in [1.807, 2.05) is 36.4 Å². The average Bonchev–Trinajstić information content (AvgIpc) is 3.01. The molecule has 118 valence electrons. The molecule has 0 aliphatic heterocycles. The number of rotatable bonds is 2. The van der Waals surface area contributed by atoms with E-state index in [-0.39, 0.29) is 5.56 Å². The molecule has 0 bridgehead atoms. The Morgan fingerprint density at radius 3 is 2.54 bits per heavy atom. The number of nitrogens with zero attached hydrogens (tertiary/aromatic N) is 5. The van der Waals surface area contributed by atoms with Crippen LogP contribution in [0.3, 0.4) is 0 Å². The number of aromatic nitrogens is 5. The lowest BCUT2D eigenvalue weighted by atomic mass is 10.3. The van der Waals surface area contributed by atoms with Crippen molar-refractivity contribution in [2.75, 3.05) is 0 Å². The Labute approximate surface area is 145 Å². The van der Waals surface area contributed by atoms with Crippen LogP contribution in [0.5, 0.6) is 0 Å². The third-order valence-corrected chi connectivity index (χ3v) is 4.18. The maximum absolute atomic E-state index is 12.9. The summed E-state index contributed by atoms with van der Waals surface area (Å²) in [5, 5.41) is 4.78. The van der Waals surface area contributed by atoms with Gasteiger partial charge in [-0.2, -0.15) is 5.10 Å². The van der Waals surface area contributed by atoms with Crippen LogP contribution in [-0.4, -0.2) is 24.3 Å². The number of hydrogen-bond donors (Lipinski definition) is 0. The van der Waals surface area contributed by atoms with E-state index in [9.17, 15) is 4.79 Å². The van der Waals surface area contributed by atoms with Gasteiger partial charge in [-0.15, -0.1) is 0 Å². The molecule has 0 aliphatic carbocycles. The molecular formula is C17H12BrN5O. The van der Waals surface area contributed by atoms with Gasteiger partial charge >= 0.3 is 0 Å². The Bertz CT molecular complexity index is 1080. The molecule has 3 heterocycles. The van der Waals surface area contributed by atoms with E-state index in [0.29, 0.717) is 22.7 Å². The fraction of sp³-hybridized carbons (Fsp3) is 0.0588. The highest BCUT2D eigenvalue weighted by Crippen LogP contribution is 2.16. The van der Waals surface area contributed by atoms with Crippen LogP contribution >= 0.6 is 15.9 Å². The normalized spacial score (nSPS) is 11.1. The minimum atomic E-state index is -0.186. The van der Waals surface area contributed by atoms with Crippen molar-refractivity contribution in [3.05, 3.63) is 75.5 Å². The van der Waals surface area contributed by atoms with Crippen molar-refractivity contribution in [1.29, 1.82) is 0 Å². The predicted molar refractivity (Wildman–Crippen MR) is 94.7 cm³/mol. The lowest BCUT2D eigenvalue weighted by molar-refractivity contribution is 0.842. The maximum atomic E-state index is 12.9. The Morgan fingerprint density at radius 2 is 1.83 bits per heavy atom. The molecule has 0 amide bonds. The summed E-state index contributed by atoms with van der Waals surface area (Å²) in [6.45, 7) is 1.78. The highest BCUT2D eigenvalue weighted by molar-refractivity contribution is 9.10. The Balaban J connectivity index is 1.97. The standard InChI is InChI=1S/C17H12BrN5O/c1-11-21-16-14(10-20-23(16)13-5-3-2-4-6-13)17(24)22(11)15-8-7-12(18)9-19-15/h2-10H,1H3. The number of fused-ring (bicyclic) bond motifs is 1. The summed E-state index contributed by atoms with van der Waals surface area (Å²) in [6, 6.07) is 13.2. The Hall–Kier alpha value is -2.80. The zero-order chi connectivity index (χ0) is 16.7. The fourth-order valence-corrected chi connectivity index (χ4v) is 2.83. The molecule has 0 fully saturated rings. The largest absolute Gasteiger partial charge is 0.270 e. The molecule has 6 nitrogen and oxygen atoms in total. The van der Waals surface area contributed by atoms with Crippen LogP contribution in [0.1, 0.15) is 5.82 Å². The summed E-state index contributed by atoms with van der Waals surface area (Å²) in [7, 11) is 0. The van der Waals surface area contributed by atoms with Crippen molar-refractivity contribution < 1.29 is 0 Å². The molecule has 0 spiro atoms. The lowest BCUT2D eigenvalue weighted by Crippen LogP contribution is -2.23. The highest BCUT2D eigenvalue weighted by atomic mass is 79.9.